The lowest BCUT2D eigenvalue weighted by Crippen LogP contribution is -2.99. The van der Waals surface area contributed by atoms with Gasteiger partial charge < -0.3 is 20.2 Å². The van der Waals surface area contributed by atoms with Gasteiger partial charge in [0.25, 0.3) is 0 Å². The van der Waals surface area contributed by atoms with Crippen molar-refractivity contribution in [2.24, 2.45) is 0 Å². The van der Waals surface area contributed by atoms with E-state index in [2.05, 4.69) is 15.5 Å². The van der Waals surface area contributed by atoms with Crippen molar-refractivity contribution in [2.75, 3.05) is 6.54 Å². The third kappa shape index (κ3) is 2.55. The molecule has 0 amide bonds. The third-order valence-electron chi connectivity index (χ3n) is 3.22. The molecule has 0 saturated carbocycles. The molecule has 4 N–H and O–H groups in total. The second-order valence-corrected chi connectivity index (χ2v) is 4.69. The number of aliphatic hydroxyl groups is 1. The predicted molar refractivity (Wildman–Crippen MR) is 66.9 cm³/mol. The van der Waals surface area contributed by atoms with Crippen LogP contribution in [0.2, 0.25) is 0 Å². The van der Waals surface area contributed by atoms with Gasteiger partial charge in [-0.3, -0.25) is 0 Å². The van der Waals surface area contributed by atoms with Gasteiger partial charge in [0.1, 0.15) is 0 Å². The van der Waals surface area contributed by atoms with Crippen LogP contribution in [0.4, 0.5) is 5.69 Å². The van der Waals surface area contributed by atoms with Crippen LogP contribution in [-0.4, -0.2) is 33.1 Å². The Morgan fingerprint density at radius 2 is 2.30 bits per heavy atom. The van der Waals surface area contributed by atoms with Crippen LogP contribution in [-0.2, 0) is 0 Å². The second-order valence-electron chi connectivity index (χ2n) is 4.69. The van der Waals surface area contributed by atoms with E-state index in [1.165, 1.54) is 12.1 Å². The molecule has 1 aliphatic heterocycles. The number of hydrogen-bond acceptors (Lipinski definition) is 7. The van der Waals surface area contributed by atoms with Gasteiger partial charge in [-0.15, -0.1) is 0 Å². The number of benzene rings is 1. The highest BCUT2D eigenvalue weighted by Gasteiger charge is 2.28. The summed E-state index contributed by atoms with van der Waals surface area (Å²) in [6, 6.07) is 6.19. The predicted octanol–water partition coefficient (Wildman–Crippen LogP) is -0.465. The average Bonchev–Trinajstić information content (AvgIpc) is 3.07. The topological polar surface area (TPSA) is 119 Å². The highest BCUT2D eigenvalue weighted by molar-refractivity contribution is 5.58. The molecule has 1 unspecified atom stereocenters. The lowest BCUT2D eigenvalue weighted by atomic mass is 10.2. The van der Waals surface area contributed by atoms with Crippen molar-refractivity contribution in [1.29, 1.82) is 0 Å². The van der Waals surface area contributed by atoms with Crippen LogP contribution in [0.15, 0.2) is 28.8 Å². The van der Waals surface area contributed by atoms with Crippen LogP contribution in [0.5, 0.6) is 0 Å². The Bertz CT molecular complexity index is 601. The van der Waals surface area contributed by atoms with Crippen LogP contribution in [0.3, 0.4) is 0 Å². The molecule has 3 atom stereocenters. The summed E-state index contributed by atoms with van der Waals surface area (Å²) in [4.78, 5) is 4.25. The lowest BCUT2D eigenvalue weighted by molar-refractivity contribution is -0.991. The molecule has 2 heterocycles. The molecule has 0 spiro atoms. The Kier molecular flexibility index (Phi) is 3.47. The zero-order valence-electron chi connectivity index (χ0n) is 10.5. The van der Waals surface area contributed by atoms with Crippen molar-refractivity contribution in [3.63, 3.8) is 0 Å². The average molecular weight is 278 g/mol. The fraction of sp³-hybridized carbons (Fsp3) is 0.333. The van der Waals surface area contributed by atoms with E-state index in [1.54, 1.807) is 12.1 Å². The Balaban J connectivity index is 1.84. The highest BCUT2D eigenvalue weighted by atomic mass is 16.8. The second kappa shape index (κ2) is 5.27. The number of aromatic nitrogens is 2. The van der Waals surface area contributed by atoms with Gasteiger partial charge >= 0.3 is 0 Å². The van der Waals surface area contributed by atoms with E-state index in [0.717, 1.165) is 0 Å². The maximum Gasteiger partial charge on any atom is 0.244 e. The maximum absolute atomic E-state index is 10.9. The molecule has 1 saturated heterocycles. The van der Waals surface area contributed by atoms with Crippen LogP contribution in [0.1, 0.15) is 18.4 Å². The molecule has 1 fully saturated rings. The first-order valence-corrected chi connectivity index (χ1v) is 6.22. The van der Waals surface area contributed by atoms with Gasteiger partial charge in [-0.2, -0.15) is 10.2 Å². The van der Waals surface area contributed by atoms with E-state index in [1.807, 2.05) is 0 Å². The molecule has 3 rings (SSSR count). The minimum Gasteiger partial charge on any atom is -0.595 e. The Morgan fingerprint density at radius 3 is 3.00 bits per heavy atom. The fourth-order valence-corrected chi connectivity index (χ4v) is 2.19. The zero-order chi connectivity index (χ0) is 14.1. The summed E-state index contributed by atoms with van der Waals surface area (Å²) >= 11 is 0. The molecule has 1 aromatic heterocycles. The third-order valence-corrected chi connectivity index (χ3v) is 3.22. The number of nitrogens with zero attached hydrogens (tertiary/aromatic N) is 2. The smallest absolute Gasteiger partial charge is 0.244 e. The molecule has 106 valence electrons. The molecule has 0 radical (unpaired) electrons. The molecule has 0 aliphatic carbocycles. The summed E-state index contributed by atoms with van der Waals surface area (Å²) in [5, 5.41) is 35.3. The molecular weight excluding hydrogens is 264 g/mol. The molecule has 8 heteroatoms. The SMILES string of the molecule is [O-][NH+](O)c1cccc(-c2noc([C@@H]3C[C@@H](O)CN3)n2)c1. The van der Waals surface area contributed by atoms with Crippen molar-refractivity contribution in [2.45, 2.75) is 18.6 Å². The van der Waals surface area contributed by atoms with Crippen molar-refractivity contribution < 1.29 is 20.1 Å². The summed E-state index contributed by atoms with van der Waals surface area (Å²) in [6.07, 6.45) is 0.113. The number of quaternary nitrogens is 1. The van der Waals surface area contributed by atoms with Crippen molar-refractivity contribution in [3.8, 4) is 11.4 Å². The first-order chi connectivity index (χ1) is 9.63. The largest absolute Gasteiger partial charge is 0.595 e. The van der Waals surface area contributed by atoms with Gasteiger partial charge in [0.15, 0.2) is 5.69 Å². The van der Waals surface area contributed by atoms with E-state index < -0.39 is 11.3 Å². The van der Waals surface area contributed by atoms with E-state index >= 15 is 0 Å². The van der Waals surface area contributed by atoms with Gasteiger partial charge in [0, 0.05) is 24.2 Å². The van der Waals surface area contributed by atoms with Crippen LogP contribution in [0, 0.1) is 5.21 Å². The number of hydrogen-bond donors (Lipinski definition) is 4. The summed E-state index contributed by atoms with van der Waals surface area (Å²) in [5.41, 5.74) is 0.752. The molecule has 20 heavy (non-hydrogen) atoms. The van der Waals surface area contributed by atoms with Crippen molar-refractivity contribution in [1.82, 2.24) is 15.5 Å². The fourth-order valence-electron chi connectivity index (χ4n) is 2.19. The number of aliphatic hydroxyl groups excluding tert-OH is 1. The quantitative estimate of drug-likeness (QED) is 0.561. The van der Waals surface area contributed by atoms with Crippen molar-refractivity contribution in [3.05, 3.63) is 35.4 Å². The molecule has 1 aliphatic rings. The van der Waals surface area contributed by atoms with Gasteiger partial charge in [-0.1, -0.05) is 17.3 Å². The summed E-state index contributed by atoms with van der Waals surface area (Å²) in [7, 11) is 0. The Morgan fingerprint density at radius 1 is 1.45 bits per heavy atom. The van der Waals surface area contributed by atoms with Crippen LogP contribution < -0.4 is 10.5 Å². The summed E-state index contributed by atoms with van der Waals surface area (Å²) < 4.78 is 5.17. The summed E-state index contributed by atoms with van der Waals surface area (Å²) in [6.45, 7) is 0.497. The normalized spacial score (nSPS) is 23.9. The standard InChI is InChI=1S/C12H14N4O4/c17-9-5-10(13-6-9)12-14-11(15-20-12)7-2-1-3-8(4-7)16(18)19/h1-4,9-10,13,16-18H,5-6H2/t9-,10+/m1/s1. The molecule has 8 nitrogen and oxygen atoms in total. The molecule has 2 aromatic rings. The van der Waals surface area contributed by atoms with Crippen molar-refractivity contribution >= 4 is 5.69 Å². The Hall–Kier alpha value is -1.84. The maximum atomic E-state index is 10.9. The first kappa shape index (κ1) is 13.2. The molecule has 0 bridgehead atoms. The van der Waals surface area contributed by atoms with E-state index in [0.29, 0.717) is 30.2 Å². The van der Waals surface area contributed by atoms with Gasteiger partial charge in [0.05, 0.1) is 12.1 Å². The van der Waals surface area contributed by atoms with Crippen LogP contribution >= 0.6 is 0 Å². The highest BCUT2D eigenvalue weighted by Crippen LogP contribution is 2.25. The van der Waals surface area contributed by atoms with Gasteiger partial charge in [-0.25, -0.2) is 5.21 Å². The van der Waals surface area contributed by atoms with Crippen LogP contribution in [0.25, 0.3) is 11.4 Å². The number of nitrogens with one attached hydrogen (secondary N) is 2. The first-order valence-electron chi connectivity index (χ1n) is 6.22. The lowest BCUT2D eigenvalue weighted by Gasteiger charge is -2.11. The minimum atomic E-state index is -1.00. The Labute approximate surface area is 114 Å². The molecular formula is C12H14N4O4. The molecule has 1 aromatic carbocycles. The van der Waals surface area contributed by atoms with Gasteiger partial charge in [-0.05, 0) is 6.42 Å². The number of rotatable bonds is 3. The zero-order valence-corrected chi connectivity index (χ0v) is 10.5. The van der Waals surface area contributed by atoms with E-state index in [4.69, 9.17) is 9.73 Å². The minimum absolute atomic E-state index is 0.158. The monoisotopic (exact) mass is 278 g/mol. The summed E-state index contributed by atoms with van der Waals surface area (Å²) in [5.74, 6) is 0.739. The van der Waals surface area contributed by atoms with Gasteiger partial charge in [0.2, 0.25) is 11.7 Å². The van der Waals surface area contributed by atoms with E-state index in [9.17, 15) is 10.3 Å². The van der Waals surface area contributed by atoms with E-state index in [-0.39, 0.29) is 11.7 Å². The number of β-amino-alcohol motifs (C(OH)–C–C–N with tert-alkyl or cyclic N) is 1.